The highest BCUT2D eigenvalue weighted by Gasteiger charge is 2.21. The fourth-order valence-corrected chi connectivity index (χ4v) is 3.21. The first-order valence-electron chi connectivity index (χ1n) is 7.96. The second-order valence-corrected chi connectivity index (χ2v) is 6.48. The molecule has 0 aliphatic carbocycles. The molecule has 7 heteroatoms. The standard InChI is InChI=1S/C19H19N3O3S/c20-9-10-21-19(25)17(13-26-12-14-5-2-1-3-6-14)22-18(24)15-7-4-8-16(23)11-15/h1-8,11,17,23H,10,12-13H2,(H,21,25)(H,22,24). The molecule has 0 spiro atoms. The summed E-state index contributed by atoms with van der Waals surface area (Å²) < 4.78 is 0. The molecule has 1 unspecified atom stereocenters. The lowest BCUT2D eigenvalue weighted by atomic mass is 10.2. The minimum absolute atomic E-state index is 0.0263. The molecular weight excluding hydrogens is 350 g/mol. The molecule has 134 valence electrons. The van der Waals surface area contributed by atoms with E-state index in [0.717, 1.165) is 5.56 Å². The van der Waals surface area contributed by atoms with Gasteiger partial charge in [0.25, 0.3) is 5.91 Å². The average Bonchev–Trinajstić information content (AvgIpc) is 2.66. The molecule has 0 saturated carbocycles. The molecule has 0 bridgehead atoms. The molecular formula is C19H19N3O3S. The summed E-state index contributed by atoms with van der Waals surface area (Å²) in [4.78, 5) is 24.6. The third-order valence-electron chi connectivity index (χ3n) is 3.47. The van der Waals surface area contributed by atoms with E-state index in [1.165, 1.54) is 23.9 Å². The first kappa shape index (κ1) is 19.3. The van der Waals surface area contributed by atoms with Gasteiger partial charge in [-0.15, -0.1) is 0 Å². The Morgan fingerprint density at radius 2 is 1.92 bits per heavy atom. The van der Waals surface area contributed by atoms with Crippen molar-refractivity contribution in [1.82, 2.24) is 10.6 Å². The number of aromatic hydroxyl groups is 1. The molecule has 0 saturated heterocycles. The highest BCUT2D eigenvalue weighted by atomic mass is 32.2. The normalized spacial score (nSPS) is 11.2. The number of nitriles is 1. The Labute approximate surface area is 156 Å². The number of hydrogen-bond donors (Lipinski definition) is 3. The van der Waals surface area contributed by atoms with Crippen LogP contribution < -0.4 is 10.6 Å². The maximum absolute atomic E-state index is 12.3. The van der Waals surface area contributed by atoms with Crippen LogP contribution in [0.5, 0.6) is 5.75 Å². The van der Waals surface area contributed by atoms with Crippen molar-refractivity contribution in [3.8, 4) is 11.8 Å². The van der Waals surface area contributed by atoms with Crippen LogP contribution in [-0.4, -0.2) is 35.3 Å². The molecule has 2 aromatic carbocycles. The van der Waals surface area contributed by atoms with Crippen molar-refractivity contribution in [2.45, 2.75) is 11.8 Å². The van der Waals surface area contributed by atoms with Crippen LogP contribution in [0.1, 0.15) is 15.9 Å². The number of thioether (sulfide) groups is 1. The van der Waals surface area contributed by atoms with Gasteiger partial charge in [-0.1, -0.05) is 36.4 Å². The van der Waals surface area contributed by atoms with Crippen molar-refractivity contribution in [1.29, 1.82) is 5.26 Å². The number of carbonyl (C=O) groups is 2. The van der Waals surface area contributed by atoms with Crippen LogP contribution in [0.2, 0.25) is 0 Å². The van der Waals surface area contributed by atoms with Crippen LogP contribution in [0.3, 0.4) is 0 Å². The fraction of sp³-hybridized carbons (Fsp3) is 0.211. The Morgan fingerprint density at radius 1 is 1.15 bits per heavy atom. The van der Waals surface area contributed by atoms with E-state index in [0.29, 0.717) is 11.5 Å². The van der Waals surface area contributed by atoms with E-state index in [1.54, 1.807) is 12.1 Å². The zero-order valence-electron chi connectivity index (χ0n) is 14.0. The van der Waals surface area contributed by atoms with Gasteiger partial charge in [0, 0.05) is 17.1 Å². The van der Waals surface area contributed by atoms with E-state index in [-0.39, 0.29) is 17.9 Å². The number of nitrogens with zero attached hydrogens (tertiary/aromatic N) is 1. The van der Waals surface area contributed by atoms with Gasteiger partial charge in [0.1, 0.15) is 18.3 Å². The van der Waals surface area contributed by atoms with Crippen LogP contribution in [0.15, 0.2) is 54.6 Å². The third-order valence-corrected chi connectivity index (χ3v) is 4.57. The summed E-state index contributed by atoms with van der Waals surface area (Å²) >= 11 is 1.51. The molecule has 0 aromatic heterocycles. The van der Waals surface area contributed by atoms with E-state index in [2.05, 4.69) is 10.6 Å². The van der Waals surface area contributed by atoms with Gasteiger partial charge in [-0.2, -0.15) is 17.0 Å². The monoisotopic (exact) mass is 369 g/mol. The summed E-state index contributed by atoms with van der Waals surface area (Å²) in [7, 11) is 0. The van der Waals surface area contributed by atoms with Gasteiger partial charge in [-0.05, 0) is 23.8 Å². The predicted octanol–water partition coefficient (Wildman–Crippen LogP) is 2.06. The van der Waals surface area contributed by atoms with Gasteiger partial charge in [0.15, 0.2) is 0 Å². The number of nitrogens with one attached hydrogen (secondary N) is 2. The molecule has 6 nitrogen and oxygen atoms in total. The average molecular weight is 369 g/mol. The molecule has 3 N–H and O–H groups in total. The van der Waals surface area contributed by atoms with Gasteiger partial charge in [-0.3, -0.25) is 9.59 Å². The van der Waals surface area contributed by atoms with E-state index in [4.69, 9.17) is 5.26 Å². The molecule has 2 aromatic rings. The van der Waals surface area contributed by atoms with Crippen molar-refractivity contribution >= 4 is 23.6 Å². The topological polar surface area (TPSA) is 102 Å². The molecule has 0 fully saturated rings. The Morgan fingerprint density at radius 3 is 2.62 bits per heavy atom. The van der Waals surface area contributed by atoms with Crippen LogP contribution in [0.25, 0.3) is 0 Å². The summed E-state index contributed by atoms with van der Waals surface area (Å²) in [6.07, 6.45) is 0. The SMILES string of the molecule is N#CCNC(=O)C(CSCc1ccccc1)NC(=O)c1cccc(O)c1. The van der Waals surface area contributed by atoms with Crippen LogP contribution in [0, 0.1) is 11.3 Å². The lowest BCUT2D eigenvalue weighted by Crippen LogP contribution is -2.48. The minimum atomic E-state index is -0.785. The van der Waals surface area contributed by atoms with Crippen molar-refractivity contribution in [3.05, 3.63) is 65.7 Å². The van der Waals surface area contributed by atoms with E-state index in [9.17, 15) is 14.7 Å². The number of amides is 2. The Kier molecular flexibility index (Phi) is 7.52. The quantitative estimate of drug-likeness (QED) is 0.618. The number of phenols is 1. The molecule has 1 atom stereocenters. The number of carbonyl (C=O) groups excluding carboxylic acids is 2. The second kappa shape index (κ2) is 10.1. The number of hydrogen-bond acceptors (Lipinski definition) is 5. The van der Waals surface area contributed by atoms with Gasteiger partial charge < -0.3 is 15.7 Å². The van der Waals surface area contributed by atoms with Gasteiger partial charge in [0.05, 0.1) is 6.07 Å². The van der Waals surface area contributed by atoms with E-state index >= 15 is 0 Å². The number of phenolic OH excluding ortho intramolecular Hbond substituents is 1. The van der Waals surface area contributed by atoms with E-state index in [1.807, 2.05) is 36.4 Å². The lowest BCUT2D eigenvalue weighted by molar-refractivity contribution is -0.122. The van der Waals surface area contributed by atoms with Crippen molar-refractivity contribution in [3.63, 3.8) is 0 Å². The third kappa shape index (κ3) is 6.15. The molecule has 2 amide bonds. The number of rotatable bonds is 8. The minimum Gasteiger partial charge on any atom is -0.508 e. The van der Waals surface area contributed by atoms with Crippen LogP contribution in [0.4, 0.5) is 0 Å². The Balaban J connectivity index is 1.99. The molecule has 0 radical (unpaired) electrons. The molecule has 0 aliphatic rings. The second-order valence-electron chi connectivity index (χ2n) is 5.45. The summed E-state index contributed by atoms with van der Waals surface area (Å²) in [5.41, 5.74) is 1.38. The Bertz CT molecular complexity index is 790. The highest BCUT2D eigenvalue weighted by Crippen LogP contribution is 2.14. The molecule has 2 rings (SSSR count). The highest BCUT2D eigenvalue weighted by molar-refractivity contribution is 7.98. The van der Waals surface area contributed by atoms with Gasteiger partial charge >= 0.3 is 0 Å². The predicted molar refractivity (Wildman–Crippen MR) is 101 cm³/mol. The number of benzene rings is 2. The maximum Gasteiger partial charge on any atom is 0.252 e. The summed E-state index contributed by atoms with van der Waals surface area (Å²) in [6.45, 7) is -0.124. The molecule has 0 heterocycles. The van der Waals surface area contributed by atoms with Gasteiger partial charge in [0.2, 0.25) is 5.91 Å². The zero-order valence-corrected chi connectivity index (χ0v) is 14.8. The van der Waals surface area contributed by atoms with Crippen molar-refractivity contribution in [2.75, 3.05) is 12.3 Å². The Hall–Kier alpha value is -2.98. The lowest BCUT2D eigenvalue weighted by Gasteiger charge is -2.17. The zero-order chi connectivity index (χ0) is 18.8. The molecule has 0 aliphatic heterocycles. The smallest absolute Gasteiger partial charge is 0.252 e. The van der Waals surface area contributed by atoms with Crippen LogP contribution in [-0.2, 0) is 10.5 Å². The molecule has 26 heavy (non-hydrogen) atoms. The summed E-state index contributed by atoms with van der Waals surface area (Å²) in [5.74, 6) is 0.155. The van der Waals surface area contributed by atoms with Crippen molar-refractivity contribution < 1.29 is 14.7 Å². The first-order chi connectivity index (χ1) is 12.6. The largest absolute Gasteiger partial charge is 0.508 e. The first-order valence-corrected chi connectivity index (χ1v) is 9.12. The van der Waals surface area contributed by atoms with Gasteiger partial charge in [-0.25, -0.2) is 0 Å². The maximum atomic E-state index is 12.3. The summed E-state index contributed by atoms with van der Waals surface area (Å²) in [6, 6.07) is 16.7. The summed E-state index contributed by atoms with van der Waals surface area (Å²) in [5, 5.41) is 23.3. The van der Waals surface area contributed by atoms with E-state index < -0.39 is 17.9 Å². The fourth-order valence-electron chi connectivity index (χ4n) is 2.19. The van der Waals surface area contributed by atoms with Crippen LogP contribution >= 0.6 is 11.8 Å². The van der Waals surface area contributed by atoms with Crippen molar-refractivity contribution in [2.24, 2.45) is 0 Å².